The van der Waals surface area contributed by atoms with Crippen LogP contribution in [0.2, 0.25) is 0 Å². The summed E-state index contributed by atoms with van der Waals surface area (Å²) in [4.78, 5) is 23.9. The molecule has 1 atom stereocenters. The molecule has 5 rings (SSSR count). The number of anilines is 2. The number of hydrogen-bond donors (Lipinski definition) is 2. The minimum atomic E-state index is -3.56. The maximum Gasteiger partial charge on any atom is 0.270 e. The fraction of sp³-hybridized carbons (Fsp3) is 0.458. The summed E-state index contributed by atoms with van der Waals surface area (Å²) in [6.07, 6.45) is 6.69. The van der Waals surface area contributed by atoms with Crippen LogP contribution in [-0.4, -0.2) is 71.3 Å². The molecule has 0 unspecified atom stereocenters. The van der Waals surface area contributed by atoms with E-state index < -0.39 is 10.0 Å². The van der Waals surface area contributed by atoms with Crippen LogP contribution in [0.1, 0.15) is 48.6 Å². The molecule has 10 nitrogen and oxygen atoms in total. The van der Waals surface area contributed by atoms with Gasteiger partial charge in [-0.2, -0.15) is 9.29 Å². The van der Waals surface area contributed by atoms with Crippen molar-refractivity contribution in [1.82, 2.24) is 23.7 Å². The Bertz CT molecular complexity index is 1350. The number of sulfonamides is 1. The lowest BCUT2D eigenvalue weighted by Gasteiger charge is -2.19. The van der Waals surface area contributed by atoms with Crippen molar-refractivity contribution in [2.75, 3.05) is 32.5 Å². The van der Waals surface area contributed by atoms with Gasteiger partial charge in [0.25, 0.3) is 5.91 Å². The summed E-state index contributed by atoms with van der Waals surface area (Å²) in [5.41, 5.74) is 7.90. The van der Waals surface area contributed by atoms with Crippen molar-refractivity contribution in [3.8, 4) is 0 Å². The van der Waals surface area contributed by atoms with E-state index in [1.54, 1.807) is 49.5 Å². The number of nitrogens with two attached hydrogens (primary N) is 1. The minimum absolute atomic E-state index is 0.0554. The molecule has 35 heavy (non-hydrogen) atoms. The molecule has 3 N–H and O–H groups in total. The molecule has 0 bridgehead atoms. The number of aromatic nitrogens is 3. The first-order chi connectivity index (χ1) is 16.7. The standard InChI is InChI=1S/C24H31N7O3S/c1-29(2)23(32)21-13-16-14-26-24(28-22(16)31(21)19-5-3-4-6-19)27-18-7-9-20(10-8-18)35(33,34)30-12-11-17(25)15-30/h7-10,13-14,17,19H,3-6,11-12,15,25H2,1-2H3,(H,26,27,28)/t17-/m0/s1. The van der Waals surface area contributed by atoms with E-state index in [0.717, 1.165) is 36.7 Å². The molecule has 1 aromatic carbocycles. The second-order valence-electron chi connectivity index (χ2n) is 9.57. The zero-order chi connectivity index (χ0) is 24.7. The third-order valence-corrected chi connectivity index (χ3v) is 8.71. The number of rotatable bonds is 6. The lowest BCUT2D eigenvalue weighted by molar-refractivity contribution is 0.0815. The van der Waals surface area contributed by atoms with Crippen LogP contribution in [0.25, 0.3) is 11.0 Å². The molecule has 11 heteroatoms. The third kappa shape index (κ3) is 4.51. The molecule has 0 radical (unpaired) electrons. The molecule has 2 aliphatic rings. The van der Waals surface area contributed by atoms with E-state index in [1.807, 2.05) is 6.07 Å². The smallest absolute Gasteiger partial charge is 0.270 e. The maximum atomic E-state index is 12.9. The Hall–Kier alpha value is -3.02. The van der Waals surface area contributed by atoms with E-state index in [9.17, 15) is 13.2 Å². The van der Waals surface area contributed by atoms with Crippen LogP contribution in [0, 0.1) is 0 Å². The number of nitrogens with zero attached hydrogens (tertiary/aromatic N) is 5. The van der Waals surface area contributed by atoms with Gasteiger partial charge in [-0.3, -0.25) is 4.79 Å². The van der Waals surface area contributed by atoms with Crippen LogP contribution < -0.4 is 11.1 Å². The van der Waals surface area contributed by atoms with Gasteiger partial charge in [-0.1, -0.05) is 12.8 Å². The molecular weight excluding hydrogens is 466 g/mol. The molecular formula is C24H31N7O3S. The summed E-state index contributed by atoms with van der Waals surface area (Å²) in [5, 5.41) is 3.99. The Balaban J connectivity index is 1.43. The highest BCUT2D eigenvalue weighted by Crippen LogP contribution is 2.35. The summed E-state index contributed by atoms with van der Waals surface area (Å²) >= 11 is 0. The molecule has 1 saturated carbocycles. The van der Waals surface area contributed by atoms with Crippen molar-refractivity contribution < 1.29 is 13.2 Å². The first kappa shape index (κ1) is 23.7. The number of amides is 1. The van der Waals surface area contributed by atoms with E-state index in [0.29, 0.717) is 36.8 Å². The molecule has 1 saturated heterocycles. The number of carbonyl (C=O) groups is 1. The van der Waals surface area contributed by atoms with Crippen molar-refractivity contribution in [3.63, 3.8) is 0 Å². The zero-order valence-electron chi connectivity index (χ0n) is 20.0. The van der Waals surface area contributed by atoms with E-state index in [4.69, 9.17) is 10.7 Å². The van der Waals surface area contributed by atoms with Gasteiger partial charge >= 0.3 is 0 Å². The molecule has 2 fully saturated rings. The Kier molecular flexibility index (Phi) is 6.24. The van der Waals surface area contributed by atoms with Gasteiger partial charge in [0.15, 0.2) is 0 Å². The Labute approximate surface area is 205 Å². The lowest BCUT2D eigenvalue weighted by Crippen LogP contribution is -2.31. The number of carbonyl (C=O) groups excluding carboxylic acids is 1. The fourth-order valence-electron chi connectivity index (χ4n) is 4.95. The van der Waals surface area contributed by atoms with Gasteiger partial charge in [0.1, 0.15) is 11.3 Å². The van der Waals surface area contributed by atoms with Gasteiger partial charge in [-0.25, -0.2) is 13.4 Å². The van der Waals surface area contributed by atoms with Crippen molar-refractivity contribution in [2.24, 2.45) is 5.73 Å². The normalized spacial score (nSPS) is 19.5. The van der Waals surface area contributed by atoms with Gasteiger partial charge in [0.2, 0.25) is 16.0 Å². The van der Waals surface area contributed by atoms with E-state index >= 15 is 0 Å². The quantitative estimate of drug-likeness (QED) is 0.536. The summed E-state index contributed by atoms with van der Waals surface area (Å²) < 4.78 is 29.2. The van der Waals surface area contributed by atoms with Crippen LogP contribution in [0.5, 0.6) is 0 Å². The average molecular weight is 498 g/mol. The molecule has 0 spiro atoms. The van der Waals surface area contributed by atoms with Crippen LogP contribution in [-0.2, 0) is 10.0 Å². The number of fused-ring (bicyclic) bond motifs is 1. The Morgan fingerprint density at radius 3 is 2.49 bits per heavy atom. The van der Waals surface area contributed by atoms with Gasteiger partial charge < -0.3 is 20.5 Å². The second kappa shape index (κ2) is 9.21. The van der Waals surface area contributed by atoms with Crippen molar-refractivity contribution in [1.29, 1.82) is 0 Å². The largest absolute Gasteiger partial charge is 0.343 e. The molecule has 1 amide bonds. The summed E-state index contributed by atoms with van der Waals surface area (Å²) in [7, 11) is -0.0634. The van der Waals surface area contributed by atoms with E-state index in [-0.39, 0.29) is 22.9 Å². The van der Waals surface area contributed by atoms with Crippen LogP contribution in [0.3, 0.4) is 0 Å². The third-order valence-electron chi connectivity index (χ3n) is 6.83. The molecule has 3 heterocycles. The lowest BCUT2D eigenvalue weighted by atomic mass is 10.2. The highest BCUT2D eigenvalue weighted by atomic mass is 32.2. The van der Waals surface area contributed by atoms with Gasteiger partial charge in [-0.15, -0.1) is 0 Å². The molecule has 186 valence electrons. The maximum absolute atomic E-state index is 12.9. The fourth-order valence-corrected chi connectivity index (χ4v) is 6.47. The molecule has 1 aliphatic carbocycles. The van der Waals surface area contributed by atoms with Crippen molar-refractivity contribution in [3.05, 3.63) is 42.2 Å². The topological polar surface area (TPSA) is 126 Å². The highest BCUT2D eigenvalue weighted by molar-refractivity contribution is 7.89. The molecule has 3 aromatic rings. The van der Waals surface area contributed by atoms with Gasteiger partial charge in [0, 0.05) is 56.5 Å². The highest BCUT2D eigenvalue weighted by Gasteiger charge is 2.31. The Morgan fingerprint density at radius 1 is 1.14 bits per heavy atom. The van der Waals surface area contributed by atoms with Crippen LogP contribution in [0.15, 0.2) is 41.4 Å². The summed E-state index contributed by atoms with van der Waals surface area (Å²) in [6.45, 7) is 0.783. The predicted octanol–water partition coefficient (Wildman–Crippen LogP) is 2.71. The van der Waals surface area contributed by atoms with Gasteiger partial charge in [0.05, 0.1) is 4.90 Å². The monoisotopic (exact) mass is 497 g/mol. The van der Waals surface area contributed by atoms with E-state index in [1.165, 1.54) is 4.31 Å². The van der Waals surface area contributed by atoms with Crippen LogP contribution >= 0.6 is 0 Å². The van der Waals surface area contributed by atoms with E-state index in [2.05, 4.69) is 14.9 Å². The number of benzene rings is 1. The zero-order valence-corrected chi connectivity index (χ0v) is 20.8. The Morgan fingerprint density at radius 2 is 1.86 bits per heavy atom. The predicted molar refractivity (Wildman–Crippen MR) is 134 cm³/mol. The first-order valence-electron chi connectivity index (χ1n) is 12.0. The molecule has 1 aliphatic heterocycles. The SMILES string of the molecule is CN(C)C(=O)c1cc2cnc(Nc3ccc(S(=O)(=O)N4CC[C@H](N)C4)cc3)nc2n1C1CCCC1. The van der Waals surface area contributed by atoms with Crippen molar-refractivity contribution in [2.45, 2.75) is 49.1 Å². The molecule has 2 aromatic heterocycles. The average Bonchev–Trinajstić information content (AvgIpc) is 3.58. The van der Waals surface area contributed by atoms with Crippen LogP contribution in [0.4, 0.5) is 11.6 Å². The minimum Gasteiger partial charge on any atom is -0.343 e. The first-order valence-corrected chi connectivity index (χ1v) is 13.4. The number of hydrogen-bond acceptors (Lipinski definition) is 7. The second-order valence-corrected chi connectivity index (χ2v) is 11.5. The summed E-state index contributed by atoms with van der Waals surface area (Å²) in [6, 6.07) is 8.54. The van der Waals surface area contributed by atoms with Gasteiger partial charge in [-0.05, 0) is 49.6 Å². The summed E-state index contributed by atoms with van der Waals surface area (Å²) in [5.74, 6) is 0.333. The number of nitrogens with one attached hydrogen (secondary N) is 1. The van der Waals surface area contributed by atoms with Crippen molar-refractivity contribution >= 4 is 38.6 Å².